The van der Waals surface area contributed by atoms with Crippen LogP contribution in [0.4, 0.5) is 11.4 Å². The SMILES string of the molecule is CCN(C(=O)c1ccc(-c2ccccc2C(=O)Nc2ccc(C(=N)N)cc2)c(C(=O)O)c1)c1ccccc1.CS(=O)(=O)O. The molecular weight excluding hydrogens is 572 g/mol. The van der Waals surface area contributed by atoms with Crippen LogP contribution in [0, 0.1) is 5.41 Å². The van der Waals surface area contributed by atoms with E-state index in [9.17, 15) is 27.9 Å². The van der Waals surface area contributed by atoms with E-state index in [1.54, 1.807) is 65.6 Å². The van der Waals surface area contributed by atoms with Gasteiger partial charge in [0.05, 0.1) is 11.8 Å². The summed E-state index contributed by atoms with van der Waals surface area (Å²) in [4.78, 5) is 40.3. The molecule has 222 valence electrons. The first-order valence-electron chi connectivity index (χ1n) is 12.8. The molecule has 4 aromatic rings. The number of nitrogens with zero attached hydrogens (tertiary/aromatic N) is 1. The number of hydrogen-bond acceptors (Lipinski definition) is 6. The normalized spacial score (nSPS) is 10.6. The van der Waals surface area contributed by atoms with Crippen molar-refractivity contribution in [2.45, 2.75) is 6.92 Å². The third-order valence-electron chi connectivity index (χ3n) is 6.04. The summed E-state index contributed by atoms with van der Waals surface area (Å²) in [5.41, 5.74) is 8.35. The van der Waals surface area contributed by atoms with E-state index in [0.717, 1.165) is 0 Å². The molecule has 0 aliphatic heterocycles. The standard InChI is InChI=1S/C30H26N4O4.CH4O3S/c1-2-34(22-8-4-3-5-9-22)29(36)20-14-17-24(26(18-20)30(37)38)23-10-6-7-11-25(23)28(35)33-21-15-12-19(13-16-21)27(31)32;1-5(2,3)4/h3-18H,2H2,1H3,(H3,31,32)(H,33,35)(H,37,38);1H3,(H,2,3,4). The van der Waals surface area contributed by atoms with E-state index >= 15 is 0 Å². The van der Waals surface area contributed by atoms with Crippen molar-refractivity contribution >= 4 is 45.1 Å². The molecule has 0 fully saturated rings. The Morgan fingerprint density at radius 3 is 1.93 bits per heavy atom. The maximum Gasteiger partial charge on any atom is 0.336 e. The van der Waals surface area contributed by atoms with Crippen molar-refractivity contribution in [3.63, 3.8) is 0 Å². The molecule has 0 unspecified atom stereocenters. The molecule has 0 saturated carbocycles. The number of nitrogens with two attached hydrogens (primary N) is 1. The van der Waals surface area contributed by atoms with E-state index in [1.807, 2.05) is 37.3 Å². The van der Waals surface area contributed by atoms with Crippen LogP contribution in [-0.2, 0) is 10.1 Å². The molecule has 0 heterocycles. The van der Waals surface area contributed by atoms with E-state index in [0.29, 0.717) is 40.9 Å². The minimum Gasteiger partial charge on any atom is -0.478 e. The molecule has 0 radical (unpaired) electrons. The van der Waals surface area contributed by atoms with E-state index < -0.39 is 22.0 Å². The number of carbonyl (C=O) groups is 3. The van der Waals surface area contributed by atoms with Crippen molar-refractivity contribution in [3.8, 4) is 11.1 Å². The second-order valence-electron chi connectivity index (χ2n) is 9.17. The molecular formula is C31H30N4O7S. The Morgan fingerprint density at radius 2 is 1.37 bits per heavy atom. The average molecular weight is 603 g/mol. The van der Waals surface area contributed by atoms with Gasteiger partial charge in [0.1, 0.15) is 5.84 Å². The molecule has 43 heavy (non-hydrogen) atoms. The third-order valence-corrected chi connectivity index (χ3v) is 6.04. The van der Waals surface area contributed by atoms with Crippen LogP contribution in [0.3, 0.4) is 0 Å². The number of anilines is 2. The largest absolute Gasteiger partial charge is 0.478 e. The molecule has 11 nitrogen and oxygen atoms in total. The van der Waals surface area contributed by atoms with Crippen LogP contribution in [-0.4, -0.2) is 54.5 Å². The van der Waals surface area contributed by atoms with Crippen LogP contribution in [0.5, 0.6) is 0 Å². The number of benzene rings is 4. The summed E-state index contributed by atoms with van der Waals surface area (Å²) in [6.07, 6.45) is 0.715. The smallest absolute Gasteiger partial charge is 0.336 e. The predicted octanol–water partition coefficient (Wildman–Crippen LogP) is 4.76. The predicted molar refractivity (Wildman–Crippen MR) is 166 cm³/mol. The van der Waals surface area contributed by atoms with Crippen molar-refractivity contribution < 1.29 is 32.5 Å². The quantitative estimate of drug-likeness (QED) is 0.108. The van der Waals surface area contributed by atoms with Gasteiger partial charge < -0.3 is 21.1 Å². The van der Waals surface area contributed by atoms with Crippen LogP contribution >= 0.6 is 0 Å². The zero-order chi connectivity index (χ0) is 31.7. The molecule has 0 aromatic heterocycles. The van der Waals surface area contributed by atoms with Crippen LogP contribution in [0.15, 0.2) is 97.1 Å². The second-order valence-corrected chi connectivity index (χ2v) is 10.6. The van der Waals surface area contributed by atoms with Crippen molar-refractivity contribution in [2.24, 2.45) is 5.73 Å². The number of carboxylic acids is 1. The summed E-state index contributed by atoms with van der Waals surface area (Å²) >= 11 is 0. The lowest BCUT2D eigenvalue weighted by Crippen LogP contribution is -2.30. The maximum absolute atomic E-state index is 13.3. The summed E-state index contributed by atoms with van der Waals surface area (Å²) in [7, 11) is -3.67. The van der Waals surface area contributed by atoms with Gasteiger partial charge in [0.15, 0.2) is 0 Å². The van der Waals surface area contributed by atoms with Gasteiger partial charge in [-0.25, -0.2) is 4.79 Å². The number of carboxylic acid groups (broad SMARTS) is 1. The fourth-order valence-corrected chi connectivity index (χ4v) is 4.14. The van der Waals surface area contributed by atoms with E-state index in [1.165, 1.54) is 6.07 Å². The number of aromatic carboxylic acids is 1. The van der Waals surface area contributed by atoms with Gasteiger partial charge in [0, 0.05) is 34.6 Å². The Kier molecular flexibility index (Phi) is 10.5. The lowest BCUT2D eigenvalue weighted by Gasteiger charge is -2.21. The lowest BCUT2D eigenvalue weighted by atomic mass is 9.93. The van der Waals surface area contributed by atoms with Crippen LogP contribution < -0.4 is 16.0 Å². The Bertz CT molecular complexity index is 1750. The minimum atomic E-state index is -3.67. The first-order chi connectivity index (χ1) is 20.3. The highest BCUT2D eigenvalue weighted by Gasteiger charge is 2.22. The molecule has 2 amide bonds. The number of nitrogens with one attached hydrogen (secondary N) is 2. The Labute approximate surface area is 248 Å². The van der Waals surface area contributed by atoms with Gasteiger partial charge in [-0.15, -0.1) is 0 Å². The van der Waals surface area contributed by atoms with Gasteiger partial charge >= 0.3 is 5.97 Å². The number of amides is 2. The lowest BCUT2D eigenvalue weighted by molar-refractivity contribution is 0.0697. The van der Waals surface area contributed by atoms with E-state index in [4.69, 9.17) is 15.7 Å². The number of carbonyl (C=O) groups excluding carboxylic acids is 2. The van der Waals surface area contributed by atoms with Gasteiger partial charge in [-0.1, -0.05) is 42.5 Å². The summed E-state index contributed by atoms with van der Waals surface area (Å²) < 4.78 is 25.9. The molecule has 0 aliphatic carbocycles. The van der Waals surface area contributed by atoms with Crippen molar-refractivity contribution in [2.75, 3.05) is 23.0 Å². The first-order valence-corrected chi connectivity index (χ1v) is 14.7. The number of hydrogen-bond donors (Lipinski definition) is 5. The van der Waals surface area contributed by atoms with Crippen LogP contribution in [0.1, 0.15) is 43.6 Å². The molecule has 6 N–H and O–H groups in total. The molecule has 0 bridgehead atoms. The zero-order valence-corrected chi connectivity index (χ0v) is 24.1. The highest BCUT2D eigenvalue weighted by molar-refractivity contribution is 7.85. The molecule has 12 heteroatoms. The maximum atomic E-state index is 13.3. The third kappa shape index (κ3) is 8.83. The van der Waals surface area contributed by atoms with Gasteiger partial charge in [-0.05, 0) is 72.6 Å². The van der Waals surface area contributed by atoms with Gasteiger partial charge in [-0.3, -0.25) is 19.6 Å². The highest BCUT2D eigenvalue weighted by atomic mass is 32.2. The minimum absolute atomic E-state index is 0.0813. The molecule has 0 atom stereocenters. The fraction of sp³-hybridized carbons (Fsp3) is 0.0968. The van der Waals surface area contributed by atoms with Gasteiger partial charge in [0.25, 0.3) is 21.9 Å². The van der Waals surface area contributed by atoms with Crippen LogP contribution in [0.2, 0.25) is 0 Å². The van der Waals surface area contributed by atoms with E-state index in [2.05, 4.69) is 5.32 Å². The fourth-order valence-electron chi connectivity index (χ4n) is 4.14. The number of para-hydroxylation sites is 1. The van der Waals surface area contributed by atoms with Gasteiger partial charge in [0.2, 0.25) is 0 Å². The zero-order valence-electron chi connectivity index (χ0n) is 23.3. The summed E-state index contributed by atoms with van der Waals surface area (Å²) in [6, 6.07) is 26.8. The number of rotatable bonds is 8. The molecule has 0 aliphatic rings. The number of amidine groups is 1. The summed E-state index contributed by atoms with van der Waals surface area (Å²) in [5.74, 6) is -2.06. The molecule has 4 rings (SSSR count). The average Bonchev–Trinajstić information content (AvgIpc) is 2.97. The van der Waals surface area contributed by atoms with Crippen molar-refractivity contribution in [1.82, 2.24) is 0 Å². The summed E-state index contributed by atoms with van der Waals surface area (Å²) in [5, 5.41) is 20.3. The topological polar surface area (TPSA) is 191 Å². The number of nitrogen functional groups attached to an aromatic ring is 1. The second kappa shape index (κ2) is 14.0. The Hall–Kier alpha value is -5.33. The Morgan fingerprint density at radius 1 is 0.837 bits per heavy atom. The molecule has 0 spiro atoms. The highest BCUT2D eigenvalue weighted by Crippen LogP contribution is 2.30. The first kappa shape index (κ1) is 32.2. The summed E-state index contributed by atoms with van der Waals surface area (Å²) in [6.45, 7) is 2.25. The van der Waals surface area contributed by atoms with Crippen molar-refractivity contribution in [3.05, 3.63) is 119 Å². The van der Waals surface area contributed by atoms with Gasteiger partial charge in [-0.2, -0.15) is 8.42 Å². The van der Waals surface area contributed by atoms with Crippen LogP contribution in [0.25, 0.3) is 11.1 Å². The molecule has 0 saturated heterocycles. The van der Waals surface area contributed by atoms with E-state index in [-0.39, 0.29) is 28.4 Å². The molecule has 4 aromatic carbocycles. The monoisotopic (exact) mass is 602 g/mol. The van der Waals surface area contributed by atoms with Crippen molar-refractivity contribution in [1.29, 1.82) is 5.41 Å². The Balaban J connectivity index is 0.000000934.